The summed E-state index contributed by atoms with van der Waals surface area (Å²) in [7, 11) is 0. The van der Waals surface area contributed by atoms with E-state index in [1.807, 2.05) is 29.2 Å². The highest BCUT2D eigenvalue weighted by atomic mass is 16.2. The van der Waals surface area contributed by atoms with Gasteiger partial charge in [-0.2, -0.15) is 5.26 Å². The van der Waals surface area contributed by atoms with Crippen LogP contribution in [0.3, 0.4) is 0 Å². The molecule has 1 aromatic rings. The number of hydrogen-bond acceptors (Lipinski definition) is 2. The third-order valence-electron chi connectivity index (χ3n) is 5.40. The van der Waals surface area contributed by atoms with Gasteiger partial charge in [0.2, 0.25) is 5.91 Å². The Bertz CT molecular complexity index is 584. The molecule has 2 bridgehead atoms. The molecule has 0 heterocycles. The lowest BCUT2D eigenvalue weighted by molar-refractivity contribution is -0.139. The molecule has 3 unspecified atom stereocenters. The van der Waals surface area contributed by atoms with Gasteiger partial charge in [-0.25, -0.2) is 0 Å². The van der Waals surface area contributed by atoms with Gasteiger partial charge in [0.25, 0.3) is 0 Å². The van der Waals surface area contributed by atoms with Crippen LogP contribution >= 0.6 is 0 Å². The smallest absolute Gasteiger partial charge is 0.226 e. The molecule has 0 aromatic heterocycles. The monoisotopic (exact) mass is 296 g/mol. The van der Waals surface area contributed by atoms with Crippen LogP contribution in [0.2, 0.25) is 0 Å². The fraction of sp³-hybridized carbons (Fsp3) is 0.579. The van der Waals surface area contributed by atoms with Gasteiger partial charge in [0.15, 0.2) is 0 Å². The van der Waals surface area contributed by atoms with E-state index in [0.717, 1.165) is 17.9 Å². The second-order valence-corrected chi connectivity index (χ2v) is 7.15. The van der Waals surface area contributed by atoms with Crippen molar-refractivity contribution in [1.29, 1.82) is 5.26 Å². The third kappa shape index (κ3) is 2.88. The minimum Gasteiger partial charge on any atom is -0.336 e. The minimum absolute atomic E-state index is 0.210. The fourth-order valence-corrected chi connectivity index (χ4v) is 4.16. The van der Waals surface area contributed by atoms with Gasteiger partial charge >= 0.3 is 0 Å². The molecule has 1 amide bonds. The average molecular weight is 296 g/mol. The molecule has 0 radical (unpaired) electrons. The molecule has 3 rings (SSSR count). The molecule has 1 aromatic carbocycles. The van der Waals surface area contributed by atoms with Crippen molar-refractivity contribution in [3.8, 4) is 6.07 Å². The van der Waals surface area contributed by atoms with Crippen LogP contribution in [0.25, 0.3) is 0 Å². The topological polar surface area (TPSA) is 44.1 Å². The summed E-state index contributed by atoms with van der Waals surface area (Å²) in [6.07, 6.45) is 4.93. The Morgan fingerprint density at radius 3 is 2.50 bits per heavy atom. The Labute approximate surface area is 132 Å². The van der Waals surface area contributed by atoms with Gasteiger partial charge in [-0.05, 0) is 62.6 Å². The number of carbonyl (C=O) groups excluding carboxylic acids is 1. The normalized spacial score (nSPS) is 26.2. The molecule has 0 N–H and O–H groups in total. The summed E-state index contributed by atoms with van der Waals surface area (Å²) in [4.78, 5) is 15.0. The van der Waals surface area contributed by atoms with E-state index in [1.165, 1.54) is 19.3 Å². The summed E-state index contributed by atoms with van der Waals surface area (Å²) in [5, 5.41) is 8.88. The maximum Gasteiger partial charge on any atom is 0.226 e. The van der Waals surface area contributed by atoms with E-state index >= 15 is 0 Å². The first-order valence-corrected chi connectivity index (χ1v) is 8.38. The van der Waals surface area contributed by atoms with Crippen LogP contribution < -0.4 is 0 Å². The number of rotatable bonds is 4. The van der Waals surface area contributed by atoms with Crippen LogP contribution in [0.1, 0.15) is 50.7 Å². The second kappa shape index (κ2) is 6.12. The van der Waals surface area contributed by atoms with Crippen molar-refractivity contribution >= 4 is 5.91 Å². The molecule has 3 heteroatoms. The zero-order valence-electron chi connectivity index (χ0n) is 13.5. The van der Waals surface area contributed by atoms with E-state index in [0.29, 0.717) is 23.9 Å². The predicted octanol–water partition coefficient (Wildman–Crippen LogP) is 3.73. The molecule has 3 atom stereocenters. The summed E-state index contributed by atoms with van der Waals surface area (Å²) >= 11 is 0. The summed E-state index contributed by atoms with van der Waals surface area (Å²) in [5.41, 5.74) is 1.77. The molecule has 0 aliphatic heterocycles. The van der Waals surface area contributed by atoms with Gasteiger partial charge < -0.3 is 4.90 Å². The van der Waals surface area contributed by atoms with Crippen LogP contribution in [-0.2, 0) is 11.3 Å². The van der Waals surface area contributed by atoms with Crippen LogP contribution in [0.15, 0.2) is 24.3 Å². The fourth-order valence-electron chi connectivity index (χ4n) is 4.16. The van der Waals surface area contributed by atoms with E-state index in [2.05, 4.69) is 19.9 Å². The number of amides is 1. The number of benzene rings is 1. The van der Waals surface area contributed by atoms with E-state index < -0.39 is 0 Å². The van der Waals surface area contributed by atoms with Gasteiger partial charge in [-0.15, -0.1) is 0 Å². The maximum absolute atomic E-state index is 13.0. The third-order valence-corrected chi connectivity index (χ3v) is 5.40. The van der Waals surface area contributed by atoms with Crippen molar-refractivity contribution < 1.29 is 4.79 Å². The Hall–Kier alpha value is -1.82. The molecule has 2 saturated carbocycles. The van der Waals surface area contributed by atoms with Crippen molar-refractivity contribution in [2.24, 2.45) is 17.8 Å². The van der Waals surface area contributed by atoms with Gasteiger partial charge in [-0.1, -0.05) is 18.6 Å². The second-order valence-electron chi connectivity index (χ2n) is 7.15. The molecular weight excluding hydrogens is 272 g/mol. The number of hydrogen-bond donors (Lipinski definition) is 0. The Morgan fingerprint density at radius 1 is 1.27 bits per heavy atom. The van der Waals surface area contributed by atoms with Crippen LogP contribution in [0.4, 0.5) is 0 Å². The lowest BCUT2D eigenvalue weighted by atomic mass is 9.87. The molecule has 0 saturated heterocycles. The van der Waals surface area contributed by atoms with Crippen LogP contribution in [-0.4, -0.2) is 16.8 Å². The van der Waals surface area contributed by atoms with Gasteiger partial charge in [0, 0.05) is 18.5 Å². The molecule has 22 heavy (non-hydrogen) atoms. The van der Waals surface area contributed by atoms with Crippen LogP contribution in [0.5, 0.6) is 0 Å². The summed E-state index contributed by atoms with van der Waals surface area (Å²) in [5.74, 6) is 2.01. The van der Waals surface area contributed by atoms with Crippen molar-refractivity contribution in [2.75, 3.05) is 0 Å². The van der Waals surface area contributed by atoms with Crippen molar-refractivity contribution in [3.63, 3.8) is 0 Å². The first kappa shape index (κ1) is 15.1. The first-order chi connectivity index (χ1) is 10.6. The minimum atomic E-state index is 0.210. The average Bonchev–Trinajstić information content (AvgIpc) is 3.15. The predicted molar refractivity (Wildman–Crippen MR) is 85.8 cm³/mol. The van der Waals surface area contributed by atoms with E-state index in [9.17, 15) is 4.79 Å². The Balaban J connectivity index is 1.72. The number of carbonyl (C=O) groups is 1. The van der Waals surface area contributed by atoms with Crippen molar-refractivity contribution in [1.82, 2.24) is 4.90 Å². The Kier molecular flexibility index (Phi) is 4.20. The number of nitriles is 1. The zero-order chi connectivity index (χ0) is 15.7. The molecule has 2 fully saturated rings. The molecule has 2 aliphatic rings. The highest BCUT2D eigenvalue weighted by molar-refractivity contribution is 5.80. The summed E-state index contributed by atoms with van der Waals surface area (Å²) in [6.45, 7) is 4.83. The van der Waals surface area contributed by atoms with Crippen LogP contribution in [0, 0.1) is 29.1 Å². The molecule has 0 spiro atoms. The lowest BCUT2D eigenvalue weighted by Gasteiger charge is -2.32. The molecular formula is C19H24N2O. The standard InChI is InChI=1S/C19H24N2O/c1-13(2)21(12-15-5-3-14(11-20)4-6-15)19(22)18-10-16-7-8-17(18)9-16/h3-6,13,16-18H,7-10,12H2,1-2H3. The summed E-state index contributed by atoms with van der Waals surface area (Å²) < 4.78 is 0. The van der Waals surface area contributed by atoms with E-state index in [1.54, 1.807) is 0 Å². The quantitative estimate of drug-likeness (QED) is 0.849. The molecule has 3 nitrogen and oxygen atoms in total. The highest BCUT2D eigenvalue weighted by Crippen LogP contribution is 2.49. The van der Waals surface area contributed by atoms with E-state index in [-0.39, 0.29) is 12.0 Å². The molecule has 2 aliphatic carbocycles. The zero-order valence-corrected chi connectivity index (χ0v) is 13.5. The van der Waals surface area contributed by atoms with E-state index in [4.69, 9.17) is 5.26 Å². The first-order valence-electron chi connectivity index (χ1n) is 8.38. The van der Waals surface area contributed by atoms with Crippen molar-refractivity contribution in [3.05, 3.63) is 35.4 Å². The van der Waals surface area contributed by atoms with Gasteiger partial charge in [0.1, 0.15) is 0 Å². The summed E-state index contributed by atoms with van der Waals surface area (Å²) in [6, 6.07) is 9.93. The lowest BCUT2D eigenvalue weighted by Crippen LogP contribution is -2.41. The largest absolute Gasteiger partial charge is 0.336 e. The van der Waals surface area contributed by atoms with Crippen molar-refractivity contribution in [2.45, 2.75) is 52.1 Å². The number of nitrogens with zero attached hydrogens (tertiary/aromatic N) is 2. The number of fused-ring (bicyclic) bond motifs is 2. The van der Waals surface area contributed by atoms with Gasteiger partial charge in [-0.3, -0.25) is 4.79 Å². The highest BCUT2D eigenvalue weighted by Gasteiger charge is 2.44. The Morgan fingerprint density at radius 2 is 2.00 bits per heavy atom. The van der Waals surface area contributed by atoms with Gasteiger partial charge in [0.05, 0.1) is 11.6 Å². The molecule has 116 valence electrons. The SMILES string of the molecule is CC(C)N(Cc1ccc(C#N)cc1)C(=O)C1CC2CCC1C2. The maximum atomic E-state index is 13.0.